The Morgan fingerprint density at radius 1 is 1.25 bits per heavy atom. The molecule has 2 rings (SSSR count). The monoisotopic (exact) mass is 317 g/mol. The highest BCUT2D eigenvalue weighted by Crippen LogP contribution is 2.30. The van der Waals surface area contributed by atoms with Gasteiger partial charge < -0.3 is 5.11 Å². The first-order chi connectivity index (χ1) is 9.28. The van der Waals surface area contributed by atoms with E-state index in [0.717, 1.165) is 30.6 Å². The number of aromatic carboxylic acids is 1. The van der Waals surface area contributed by atoms with Crippen LogP contribution < -0.4 is 4.72 Å². The lowest BCUT2D eigenvalue weighted by molar-refractivity contribution is 0.0702. The van der Waals surface area contributed by atoms with E-state index in [9.17, 15) is 13.2 Å². The molecule has 0 aromatic carbocycles. The summed E-state index contributed by atoms with van der Waals surface area (Å²) in [4.78, 5) is 10.9. The molecule has 1 saturated carbocycles. The Bertz CT molecular complexity index is 583. The van der Waals surface area contributed by atoms with Crippen LogP contribution in [0.15, 0.2) is 16.3 Å². The van der Waals surface area contributed by atoms with Crippen LogP contribution in [0.1, 0.15) is 42.8 Å². The zero-order chi connectivity index (χ0) is 14.9. The fraction of sp³-hybridized carbons (Fsp3) is 0.615. The maximum absolute atomic E-state index is 12.3. The van der Waals surface area contributed by atoms with Gasteiger partial charge in [0.15, 0.2) is 0 Å². The molecule has 0 aliphatic heterocycles. The summed E-state index contributed by atoms with van der Waals surface area (Å²) in [6, 6.07) is 2.62. The van der Waals surface area contributed by atoms with Crippen LogP contribution >= 0.6 is 11.3 Å². The lowest BCUT2D eigenvalue weighted by Crippen LogP contribution is -2.39. The molecule has 0 radical (unpaired) electrons. The van der Waals surface area contributed by atoms with Gasteiger partial charge >= 0.3 is 5.97 Å². The van der Waals surface area contributed by atoms with E-state index in [2.05, 4.69) is 18.6 Å². The molecule has 0 spiro atoms. The molecule has 1 heterocycles. The van der Waals surface area contributed by atoms with Gasteiger partial charge in [0.25, 0.3) is 0 Å². The SMILES string of the molecule is CC1CC(C)CC(NS(=O)(=O)c2ccc(C(=O)O)s2)C1. The topological polar surface area (TPSA) is 83.5 Å². The second kappa shape index (κ2) is 5.83. The second-order valence-corrected chi connectivity index (χ2v) is 8.68. The number of carbonyl (C=O) groups is 1. The summed E-state index contributed by atoms with van der Waals surface area (Å²) in [7, 11) is -3.61. The molecule has 2 unspecified atom stereocenters. The standard InChI is InChI=1S/C13H19NO4S2/c1-8-5-9(2)7-10(6-8)14-20(17,18)12-4-3-11(19-12)13(15)16/h3-4,8-10,14H,5-7H2,1-2H3,(H,15,16). The van der Waals surface area contributed by atoms with Crippen molar-refractivity contribution in [3.05, 3.63) is 17.0 Å². The van der Waals surface area contributed by atoms with Gasteiger partial charge in [-0.2, -0.15) is 0 Å². The summed E-state index contributed by atoms with van der Waals surface area (Å²) < 4.78 is 27.3. The number of hydrogen-bond acceptors (Lipinski definition) is 4. The number of nitrogens with one attached hydrogen (secondary N) is 1. The summed E-state index contributed by atoms with van der Waals surface area (Å²) in [6.45, 7) is 4.26. The molecular weight excluding hydrogens is 298 g/mol. The predicted molar refractivity (Wildman–Crippen MR) is 77.6 cm³/mol. The molecule has 0 bridgehead atoms. The zero-order valence-corrected chi connectivity index (χ0v) is 13.1. The normalized spacial score (nSPS) is 27.4. The Kier molecular flexibility index (Phi) is 4.51. The number of rotatable bonds is 4. The summed E-state index contributed by atoms with van der Waals surface area (Å²) in [6.07, 6.45) is 2.79. The molecule has 112 valence electrons. The highest BCUT2D eigenvalue weighted by atomic mass is 32.2. The van der Waals surface area contributed by atoms with Crippen LogP contribution in [0.5, 0.6) is 0 Å². The van der Waals surface area contributed by atoms with Crippen molar-refractivity contribution in [1.82, 2.24) is 4.72 Å². The molecule has 2 N–H and O–H groups in total. The number of carboxylic acids is 1. The maximum atomic E-state index is 12.3. The van der Waals surface area contributed by atoms with Gasteiger partial charge in [-0.3, -0.25) is 0 Å². The minimum atomic E-state index is -3.61. The van der Waals surface area contributed by atoms with Gasteiger partial charge in [-0.05, 0) is 43.2 Å². The summed E-state index contributed by atoms with van der Waals surface area (Å²) in [5.41, 5.74) is 0. The Hall–Kier alpha value is -0.920. The van der Waals surface area contributed by atoms with Gasteiger partial charge in [-0.15, -0.1) is 11.3 Å². The molecule has 7 heteroatoms. The van der Waals surface area contributed by atoms with Crippen LogP contribution in [-0.4, -0.2) is 25.5 Å². The fourth-order valence-corrected chi connectivity index (χ4v) is 5.32. The first-order valence-corrected chi connectivity index (χ1v) is 8.93. The van der Waals surface area contributed by atoms with Gasteiger partial charge in [0.05, 0.1) is 0 Å². The molecule has 1 aliphatic carbocycles. The highest BCUT2D eigenvalue weighted by molar-refractivity contribution is 7.91. The van der Waals surface area contributed by atoms with Crippen molar-refractivity contribution in [3.63, 3.8) is 0 Å². The van der Waals surface area contributed by atoms with E-state index in [1.54, 1.807) is 0 Å². The van der Waals surface area contributed by atoms with Gasteiger partial charge in [0.1, 0.15) is 9.09 Å². The molecule has 0 saturated heterocycles. The number of carboxylic acid groups (broad SMARTS) is 1. The van der Waals surface area contributed by atoms with Crippen LogP contribution in [0.4, 0.5) is 0 Å². The van der Waals surface area contributed by atoms with Crippen molar-refractivity contribution in [3.8, 4) is 0 Å². The van der Waals surface area contributed by atoms with E-state index >= 15 is 0 Å². The predicted octanol–water partition coefficient (Wildman–Crippen LogP) is 2.55. The van der Waals surface area contributed by atoms with E-state index in [1.165, 1.54) is 12.1 Å². The minimum absolute atomic E-state index is 0.0377. The second-order valence-electron chi connectivity index (χ2n) is 5.66. The number of sulfonamides is 1. The van der Waals surface area contributed by atoms with Crippen molar-refractivity contribution < 1.29 is 18.3 Å². The van der Waals surface area contributed by atoms with E-state index in [1.807, 2.05) is 0 Å². The van der Waals surface area contributed by atoms with Gasteiger partial charge in [-0.1, -0.05) is 13.8 Å². The molecule has 0 amide bonds. The van der Waals surface area contributed by atoms with Gasteiger partial charge in [-0.25, -0.2) is 17.9 Å². The van der Waals surface area contributed by atoms with Crippen molar-refractivity contribution in [1.29, 1.82) is 0 Å². The lowest BCUT2D eigenvalue weighted by atomic mass is 9.81. The molecule has 1 aliphatic rings. The van der Waals surface area contributed by atoms with E-state index in [0.29, 0.717) is 11.8 Å². The number of hydrogen-bond donors (Lipinski definition) is 2. The van der Waals surface area contributed by atoms with E-state index < -0.39 is 16.0 Å². The molecule has 1 fully saturated rings. The van der Waals surface area contributed by atoms with Crippen molar-refractivity contribution >= 4 is 27.3 Å². The fourth-order valence-electron chi connectivity index (χ4n) is 2.90. The largest absolute Gasteiger partial charge is 0.477 e. The summed E-state index contributed by atoms with van der Waals surface area (Å²) >= 11 is 0.788. The number of thiophene rings is 1. The smallest absolute Gasteiger partial charge is 0.345 e. The first-order valence-electron chi connectivity index (χ1n) is 6.63. The third kappa shape index (κ3) is 3.59. The van der Waals surface area contributed by atoms with E-state index in [4.69, 9.17) is 5.11 Å². The molecule has 20 heavy (non-hydrogen) atoms. The maximum Gasteiger partial charge on any atom is 0.345 e. The Labute approximate surface area is 123 Å². The highest BCUT2D eigenvalue weighted by Gasteiger charge is 2.28. The third-order valence-electron chi connectivity index (χ3n) is 3.56. The van der Waals surface area contributed by atoms with Crippen LogP contribution in [0, 0.1) is 11.8 Å². The Morgan fingerprint density at radius 2 is 1.85 bits per heavy atom. The summed E-state index contributed by atoms with van der Waals surface area (Å²) in [5.74, 6) is -0.0925. The van der Waals surface area contributed by atoms with Crippen molar-refractivity contribution in [2.75, 3.05) is 0 Å². The van der Waals surface area contributed by atoms with Crippen LogP contribution in [0.3, 0.4) is 0 Å². The van der Waals surface area contributed by atoms with Crippen LogP contribution in [0.25, 0.3) is 0 Å². The van der Waals surface area contributed by atoms with Gasteiger partial charge in [0, 0.05) is 6.04 Å². The van der Waals surface area contributed by atoms with E-state index in [-0.39, 0.29) is 15.1 Å². The molecule has 1 aromatic heterocycles. The van der Waals surface area contributed by atoms with Crippen LogP contribution in [0.2, 0.25) is 0 Å². The Balaban J connectivity index is 2.12. The average molecular weight is 317 g/mol. The Morgan fingerprint density at radius 3 is 2.35 bits per heavy atom. The van der Waals surface area contributed by atoms with Crippen LogP contribution in [-0.2, 0) is 10.0 Å². The average Bonchev–Trinajstić information content (AvgIpc) is 2.76. The third-order valence-corrected chi connectivity index (χ3v) is 6.64. The summed E-state index contributed by atoms with van der Waals surface area (Å²) in [5, 5.41) is 8.85. The first kappa shape index (κ1) is 15.5. The molecule has 1 aromatic rings. The minimum Gasteiger partial charge on any atom is -0.477 e. The molecule has 5 nitrogen and oxygen atoms in total. The van der Waals surface area contributed by atoms with Crippen molar-refractivity contribution in [2.45, 2.75) is 43.4 Å². The lowest BCUT2D eigenvalue weighted by Gasteiger charge is -2.31. The van der Waals surface area contributed by atoms with Gasteiger partial charge in [0.2, 0.25) is 10.0 Å². The quantitative estimate of drug-likeness (QED) is 0.894. The zero-order valence-electron chi connectivity index (χ0n) is 11.5. The molecular formula is C13H19NO4S2. The van der Waals surface area contributed by atoms with Crippen molar-refractivity contribution in [2.24, 2.45) is 11.8 Å². The molecule has 2 atom stereocenters.